The Labute approximate surface area is 140 Å². The fourth-order valence-electron chi connectivity index (χ4n) is 2.36. The first-order valence-electron chi connectivity index (χ1n) is 8.04. The summed E-state index contributed by atoms with van der Waals surface area (Å²) in [6, 6.07) is 14.8. The topological polar surface area (TPSA) is 24.5 Å². The zero-order valence-corrected chi connectivity index (χ0v) is 15.1. The van der Waals surface area contributed by atoms with Gasteiger partial charge >= 0.3 is 0 Å². The standard InChI is InChI=1S/C20H28N2O/c1-15-13-18(23-20(2,3)4)11-12-19(15)21-14-16-7-9-17(10-8-16)22(5)6/h7-13,21H,14H2,1-6H3. The third-order valence-electron chi connectivity index (χ3n) is 3.56. The van der Waals surface area contributed by atoms with Gasteiger partial charge in [0.1, 0.15) is 11.4 Å². The highest BCUT2D eigenvalue weighted by Crippen LogP contribution is 2.25. The van der Waals surface area contributed by atoms with Gasteiger partial charge in [-0.15, -0.1) is 0 Å². The fraction of sp³-hybridized carbons (Fsp3) is 0.400. The summed E-state index contributed by atoms with van der Waals surface area (Å²) in [6.07, 6.45) is 0. The summed E-state index contributed by atoms with van der Waals surface area (Å²) >= 11 is 0. The monoisotopic (exact) mass is 312 g/mol. The van der Waals surface area contributed by atoms with Crippen LogP contribution in [0.4, 0.5) is 11.4 Å². The lowest BCUT2D eigenvalue weighted by Gasteiger charge is -2.22. The first kappa shape index (κ1) is 17.2. The van der Waals surface area contributed by atoms with Crippen LogP contribution >= 0.6 is 0 Å². The van der Waals surface area contributed by atoms with E-state index in [2.05, 4.69) is 88.4 Å². The summed E-state index contributed by atoms with van der Waals surface area (Å²) in [5.41, 5.74) is 4.65. The molecule has 23 heavy (non-hydrogen) atoms. The van der Waals surface area contributed by atoms with Crippen LogP contribution in [-0.4, -0.2) is 19.7 Å². The Morgan fingerprint density at radius 2 is 1.65 bits per heavy atom. The molecule has 0 bridgehead atoms. The zero-order chi connectivity index (χ0) is 17.0. The maximum Gasteiger partial charge on any atom is 0.120 e. The Morgan fingerprint density at radius 1 is 1.00 bits per heavy atom. The second-order valence-corrected chi connectivity index (χ2v) is 7.11. The van der Waals surface area contributed by atoms with E-state index in [4.69, 9.17) is 4.74 Å². The van der Waals surface area contributed by atoms with Crippen LogP contribution < -0.4 is 15.0 Å². The molecule has 0 aliphatic rings. The largest absolute Gasteiger partial charge is 0.488 e. The summed E-state index contributed by atoms with van der Waals surface area (Å²) in [7, 11) is 4.11. The minimum absolute atomic E-state index is 0.171. The highest BCUT2D eigenvalue weighted by atomic mass is 16.5. The van der Waals surface area contributed by atoms with Gasteiger partial charge in [0.05, 0.1) is 0 Å². The third-order valence-corrected chi connectivity index (χ3v) is 3.56. The molecule has 0 unspecified atom stereocenters. The van der Waals surface area contributed by atoms with Gasteiger partial charge in [-0.05, 0) is 69.2 Å². The number of nitrogens with one attached hydrogen (secondary N) is 1. The summed E-state index contributed by atoms with van der Waals surface area (Å²) in [4.78, 5) is 2.11. The van der Waals surface area contributed by atoms with Crippen molar-refractivity contribution < 1.29 is 4.74 Å². The number of hydrogen-bond donors (Lipinski definition) is 1. The molecule has 0 aliphatic carbocycles. The van der Waals surface area contributed by atoms with Crippen LogP contribution in [0.5, 0.6) is 5.75 Å². The van der Waals surface area contributed by atoms with Gasteiger partial charge in [-0.25, -0.2) is 0 Å². The van der Waals surface area contributed by atoms with Gasteiger partial charge in [0.25, 0.3) is 0 Å². The number of hydrogen-bond acceptors (Lipinski definition) is 3. The highest BCUT2D eigenvalue weighted by Gasteiger charge is 2.12. The Morgan fingerprint density at radius 3 is 2.17 bits per heavy atom. The van der Waals surface area contributed by atoms with Gasteiger partial charge in [-0.3, -0.25) is 0 Å². The number of nitrogens with zero attached hydrogens (tertiary/aromatic N) is 1. The smallest absolute Gasteiger partial charge is 0.120 e. The van der Waals surface area contributed by atoms with Gasteiger partial charge in [0, 0.05) is 32.0 Å². The van der Waals surface area contributed by atoms with Crippen molar-refractivity contribution in [2.75, 3.05) is 24.3 Å². The molecule has 2 aromatic rings. The molecule has 0 saturated heterocycles. The van der Waals surface area contributed by atoms with E-state index in [-0.39, 0.29) is 5.60 Å². The molecule has 0 radical (unpaired) electrons. The Bertz CT molecular complexity index is 640. The summed E-state index contributed by atoms with van der Waals surface area (Å²) in [6.45, 7) is 9.10. The molecular formula is C20H28N2O. The van der Waals surface area contributed by atoms with E-state index >= 15 is 0 Å². The van der Waals surface area contributed by atoms with Gasteiger partial charge < -0.3 is 15.0 Å². The molecule has 0 atom stereocenters. The average molecular weight is 312 g/mol. The molecule has 2 aromatic carbocycles. The molecular weight excluding hydrogens is 284 g/mol. The zero-order valence-electron chi connectivity index (χ0n) is 15.1. The van der Waals surface area contributed by atoms with Crippen molar-refractivity contribution >= 4 is 11.4 Å². The van der Waals surface area contributed by atoms with E-state index in [0.717, 1.165) is 18.0 Å². The molecule has 0 heterocycles. The minimum atomic E-state index is -0.171. The van der Waals surface area contributed by atoms with Crippen molar-refractivity contribution in [1.82, 2.24) is 0 Å². The maximum absolute atomic E-state index is 5.90. The van der Waals surface area contributed by atoms with Crippen molar-refractivity contribution in [3.8, 4) is 5.75 Å². The Balaban J connectivity index is 2.00. The molecule has 0 aliphatic heterocycles. The quantitative estimate of drug-likeness (QED) is 0.854. The van der Waals surface area contributed by atoms with Crippen LogP contribution in [-0.2, 0) is 6.54 Å². The van der Waals surface area contributed by atoms with Crippen LogP contribution in [0.25, 0.3) is 0 Å². The first-order chi connectivity index (χ1) is 10.7. The molecule has 0 amide bonds. The Kier molecular flexibility index (Phi) is 5.19. The summed E-state index contributed by atoms with van der Waals surface area (Å²) in [5.74, 6) is 0.913. The molecule has 1 N–H and O–H groups in total. The lowest BCUT2D eigenvalue weighted by atomic mass is 10.1. The Hall–Kier alpha value is -2.16. The van der Waals surface area contributed by atoms with Gasteiger partial charge in [0.15, 0.2) is 0 Å². The van der Waals surface area contributed by atoms with E-state index in [0.29, 0.717) is 0 Å². The fourth-order valence-corrected chi connectivity index (χ4v) is 2.36. The van der Waals surface area contributed by atoms with Crippen molar-refractivity contribution in [1.29, 1.82) is 0 Å². The lowest BCUT2D eigenvalue weighted by Crippen LogP contribution is -2.22. The SMILES string of the molecule is Cc1cc(OC(C)(C)C)ccc1NCc1ccc(N(C)C)cc1. The number of rotatable bonds is 5. The molecule has 3 heteroatoms. The number of ether oxygens (including phenoxy) is 1. The second-order valence-electron chi connectivity index (χ2n) is 7.11. The molecule has 2 rings (SSSR count). The van der Waals surface area contributed by atoms with Crippen LogP contribution in [0.1, 0.15) is 31.9 Å². The normalized spacial score (nSPS) is 11.2. The van der Waals surface area contributed by atoms with Gasteiger partial charge in [0.2, 0.25) is 0 Å². The molecule has 0 aromatic heterocycles. The van der Waals surface area contributed by atoms with E-state index in [1.54, 1.807) is 0 Å². The lowest BCUT2D eigenvalue weighted by molar-refractivity contribution is 0.131. The van der Waals surface area contributed by atoms with Crippen molar-refractivity contribution in [2.45, 2.75) is 39.8 Å². The van der Waals surface area contributed by atoms with E-state index in [1.807, 2.05) is 6.07 Å². The average Bonchev–Trinajstić information content (AvgIpc) is 2.45. The van der Waals surface area contributed by atoms with E-state index in [1.165, 1.54) is 16.8 Å². The van der Waals surface area contributed by atoms with Crippen LogP contribution in [0.15, 0.2) is 42.5 Å². The number of anilines is 2. The highest BCUT2D eigenvalue weighted by molar-refractivity contribution is 5.54. The summed E-state index contributed by atoms with van der Waals surface area (Å²) in [5, 5.41) is 3.50. The van der Waals surface area contributed by atoms with Crippen LogP contribution in [0.2, 0.25) is 0 Å². The maximum atomic E-state index is 5.90. The van der Waals surface area contributed by atoms with E-state index < -0.39 is 0 Å². The molecule has 3 nitrogen and oxygen atoms in total. The van der Waals surface area contributed by atoms with Crippen molar-refractivity contribution in [2.24, 2.45) is 0 Å². The van der Waals surface area contributed by atoms with Gasteiger partial charge in [-0.1, -0.05) is 12.1 Å². The first-order valence-corrected chi connectivity index (χ1v) is 8.04. The minimum Gasteiger partial charge on any atom is -0.488 e. The predicted molar refractivity (Wildman–Crippen MR) is 99.7 cm³/mol. The predicted octanol–water partition coefficient (Wildman–Crippen LogP) is 4.85. The van der Waals surface area contributed by atoms with Crippen molar-refractivity contribution in [3.63, 3.8) is 0 Å². The number of aryl methyl sites for hydroxylation is 1. The summed E-state index contributed by atoms with van der Waals surface area (Å²) < 4.78 is 5.90. The second kappa shape index (κ2) is 6.95. The van der Waals surface area contributed by atoms with E-state index in [9.17, 15) is 0 Å². The molecule has 0 saturated carbocycles. The molecule has 0 fully saturated rings. The number of benzene rings is 2. The molecule has 124 valence electrons. The van der Waals surface area contributed by atoms with Crippen LogP contribution in [0.3, 0.4) is 0 Å². The van der Waals surface area contributed by atoms with Crippen LogP contribution in [0, 0.1) is 6.92 Å². The third kappa shape index (κ3) is 5.20. The molecule has 0 spiro atoms. The van der Waals surface area contributed by atoms with Crippen molar-refractivity contribution in [3.05, 3.63) is 53.6 Å². The van der Waals surface area contributed by atoms with Gasteiger partial charge in [-0.2, -0.15) is 0 Å².